The van der Waals surface area contributed by atoms with Gasteiger partial charge in [-0.1, -0.05) is 6.92 Å². The lowest BCUT2D eigenvalue weighted by atomic mass is 10.2. The van der Waals surface area contributed by atoms with Gasteiger partial charge >= 0.3 is 0 Å². The van der Waals surface area contributed by atoms with Crippen LogP contribution < -0.4 is 5.32 Å². The number of hydrogen-bond donors (Lipinski definition) is 1. The van der Waals surface area contributed by atoms with Crippen LogP contribution in [0.2, 0.25) is 0 Å². The van der Waals surface area contributed by atoms with E-state index in [1.807, 2.05) is 11.7 Å². The molecule has 1 aliphatic rings. The minimum atomic E-state index is 0.641. The van der Waals surface area contributed by atoms with Crippen LogP contribution in [0.25, 0.3) is 10.7 Å². The molecule has 2 aromatic rings. The Morgan fingerprint density at radius 1 is 1.39 bits per heavy atom. The molecule has 2 aromatic heterocycles. The number of aromatic nitrogens is 3. The van der Waals surface area contributed by atoms with Crippen molar-refractivity contribution in [3.05, 3.63) is 23.5 Å². The van der Waals surface area contributed by atoms with E-state index < -0.39 is 0 Å². The van der Waals surface area contributed by atoms with Gasteiger partial charge in [0.2, 0.25) is 0 Å². The largest absolute Gasteiger partial charge is 0.370 e. The number of thiazole rings is 1. The Morgan fingerprint density at radius 2 is 2.28 bits per heavy atom. The fraction of sp³-hybridized carbons (Fsp3) is 0.462. The topological polar surface area (TPSA) is 50.7 Å². The number of rotatable bonds is 5. The van der Waals surface area contributed by atoms with Gasteiger partial charge in [-0.25, -0.2) is 9.97 Å². The Bertz CT molecular complexity index is 520. The van der Waals surface area contributed by atoms with Gasteiger partial charge in [0.05, 0.1) is 10.4 Å². The molecule has 5 heteroatoms. The summed E-state index contributed by atoms with van der Waals surface area (Å²) in [5.74, 6) is 2.39. The molecule has 0 aliphatic heterocycles. The Labute approximate surface area is 111 Å². The smallest absolute Gasteiger partial charge is 0.173 e. The van der Waals surface area contributed by atoms with E-state index in [0.717, 1.165) is 29.5 Å². The molecule has 18 heavy (non-hydrogen) atoms. The Kier molecular flexibility index (Phi) is 3.23. The zero-order chi connectivity index (χ0) is 12.4. The van der Waals surface area contributed by atoms with Gasteiger partial charge in [0.15, 0.2) is 5.82 Å². The molecular formula is C13H16N4S. The maximum absolute atomic E-state index is 4.67. The molecule has 0 saturated heterocycles. The molecule has 2 heterocycles. The molecule has 1 fully saturated rings. The Balaban J connectivity index is 1.94. The van der Waals surface area contributed by atoms with Gasteiger partial charge in [0, 0.05) is 30.4 Å². The molecule has 0 amide bonds. The van der Waals surface area contributed by atoms with Crippen molar-refractivity contribution in [3.8, 4) is 10.7 Å². The monoisotopic (exact) mass is 260 g/mol. The molecule has 0 bridgehead atoms. The summed E-state index contributed by atoms with van der Waals surface area (Å²) in [6, 6.07) is 2.10. The van der Waals surface area contributed by atoms with Gasteiger partial charge in [-0.3, -0.25) is 4.98 Å². The molecule has 0 aromatic carbocycles. The van der Waals surface area contributed by atoms with E-state index in [1.165, 1.54) is 18.5 Å². The van der Waals surface area contributed by atoms with Crippen LogP contribution in [0.4, 0.5) is 5.82 Å². The van der Waals surface area contributed by atoms with Gasteiger partial charge in [0.1, 0.15) is 5.82 Å². The standard InChI is InChI=1S/C13H16N4S/c1-2-5-15-12-6-10(9-3-4-9)16-13(17-12)11-7-14-8-18-11/h6-9H,2-5H2,1H3,(H,15,16,17). The summed E-state index contributed by atoms with van der Waals surface area (Å²) >= 11 is 1.59. The lowest BCUT2D eigenvalue weighted by molar-refractivity contribution is 0.949. The number of hydrogen-bond acceptors (Lipinski definition) is 5. The molecule has 0 spiro atoms. The first-order valence-corrected chi connectivity index (χ1v) is 7.26. The highest BCUT2D eigenvalue weighted by molar-refractivity contribution is 7.13. The lowest BCUT2D eigenvalue weighted by Gasteiger charge is -2.08. The van der Waals surface area contributed by atoms with E-state index in [-0.39, 0.29) is 0 Å². The van der Waals surface area contributed by atoms with E-state index >= 15 is 0 Å². The third-order valence-corrected chi connectivity index (χ3v) is 3.72. The fourth-order valence-electron chi connectivity index (χ4n) is 1.83. The number of nitrogens with zero attached hydrogens (tertiary/aromatic N) is 3. The molecule has 0 radical (unpaired) electrons. The van der Waals surface area contributed by atoms with E-state index in [9.17, 15) is 0 Å². The lowest BCUT2D eigenvalue weighted by Crippen LogP contribution is -2.05. The third-order valence-electron chi connectivity index (χ3n) is 2.95. The van der Waals surface area contributed by atoms with Crippen molar-refractivity contribution in [2.45, 2.75) is 32.1 Å². The highest BCUT2D eigenvalue weighted by Crippen LogP contribution is 2.40. The predicted octanol–water partition coefficient (Wildman–Crippen LogP) is 3.30. The van der Waals surface area contributed by atoms with Crippen molar-refractivity contribution in [2.24, 2.45) is 0 Å². The maximum Gasteiger partial charge on any atom is 0.173 e. The number of anilines is 1. The number of nitrogens with one attached hydrogen (secondary N) is 1. The van der Waals surface area contributed by atoms with Crippen LogP contribution in [-0.2, 0) is 0 Å². The van der Waals surface area contributed by atoms with Crippen LogP contribution in [0.3, 0.4) is 0 Å². The zero-order valence-electron chi connectivity index (χ0n) is 10.4. The minimum absolute atomic E-state index is 0.641. The molecule has 1 aliphatic carbocycles. The summed E-state index contributed by atoms with van der Waals surface area (Å²) in [6.07, 6.45) is 5.44. The highest BCUT2D eigenvalue weighted by atomic mass is 32.1. The fourth-order valence-corrected chi connectivity index (χ4v) is 2.39. The van der Waals surface area contributed by atoms with Gasteiger partial charge in [-0.05, 0) is 19.3 Å². The normalized spacial score (nSPS) is 14.7. The first kappa shape index (κ1) is 11.6. The summed E-state index contributed by atoms with van der Waals surface area (Å²) in [4.78, 5) is 14.4. The third kappa shape index (κ3) is 2.51. The molecular weight excluding hydrogens is 244 g/mol. The predicted molar refractivity (Wildman–Crippen MR) is 73.9 cm³/mol. The van der Waals surface area contributed by atoms with Crippen LogP contribution in [0.1, 0.15) is 37.8 Å². The van der Waals surface area contributed by atoms with Crippen molar-refractivity contribution >= 4 is 17.2 Å². The summed E-state index contributed by atoms with van der Waals surface area (Å²) in [7, 11) is 0. The van der Waals surface area contributed by atoms with Gasteiger partial charge < -0.3 is 5.32 Å². The average Bonchev–Trinajstić information content (AvgIpc) is 3.11. The van der Waals surface area contributed by atoms with Gasteiger partial charge in [0.25, 0.3) is 0 Å². The molecule has 94 valence electrons. The van der Waals surface area contributed by atoms with Crippen LogP contribution in [0, 0.1) is 0 Å². The van der Waals surface area contributed by atoms with Crippen LogP contribution in [0.5, 0.6) is 0 Å². The molecule has 3 rings (SSSR count). The van der Waals surface area contributed by atoms with Crippen molar-refractivity contribution in [2.75, 3.05) is 11.9 Å². The minimum Gasteiger partial charge on any atom is -0.370 e. The Hall–Kier alpha value is -1.49. The summed E-state index contributed by atoms with van der Waals surface area (Å²) in [5, 5.41) is 3.35. The molecule has 0 atom stereocenters. The average molecular weight is 260 g/mol. The van der Waals surface area contributed by atoms with Crippen molar-refractivity contribution in [1.82, 2.24) is 15.0 Å². The van der Waals surface area contributed by atoms with E-state index in [4.69, 9.17) is 0 Å². The second-order valence-corrected chi connectivity index (χ2v) is 5.45. The van der Waals surface area contributed by atoms with Crippen LogP contribution >= 0.6 is 11.3 Å². The summed E-state index contributed by atoms with van der Waals surface area (Å²) in [5.41, 5.74) is 2.99. The zero-order valence-corrected chi connectivity index (χ0v) is 11.2. The van der Waals surface area contributed by atoms with E-state index in [2.05, 4.69) is 33.3 Å². The first-order chi connectivity index (χ1) is 8.86. The Morgan fingerprint density at radius 3 is 2.94 bits per heavy atom. The first-order valence-electron chi connectivity index (χ1n) is 6.38. The van der Waals surface area contributed by atoms with Crippen molar-refractivity contribution in [1.29, 1.82) is 0 Å². The summed E-state index contributed by atoms with van der Waals surface area (Å²) in [6.45, 7) is 3.10. The second kappa shape index (κ2) is 5.02. The van der Waals surface area contributed by atoms with E-state index in [0.29, 0.717) is 5.92 Å². The molecule has 0 unspecified atom stereocenters. The molecule has 4 nitrogen and oxygen atoms in total. The second-order valence-electron chi connectivity index (χ2n) is 4.57. The van der Waals surface area contributed by atoms with Gasteiger partial charge in [-0.2, -0.15) is 0 Å². The molecule has 1 N–H and O–H groups in total. The maximum atomic E-state index is 4.67. The van der Waals surface area contributed by atoms with E-state index in [1.54, 1.807) is 11.3 Å². The van der Waals surface area contributed by atoms with Crippen LogP contribution in [0.15, 0.2) is 17.8 Å². The quantitative estimate of drug-likeness (QED) is 0.896. The molecule has 1 saturated carbocycles. The SMILES string of the molecule is CCCNc1cc(C2CC2)nc(-c2cncs2)n1. The van der Waals surface area contributed by atoms with Crippen molar-refractivity contribution < 1.29 is 0 Å². The van der Waals surface area contributed by atoms with Crippen LogP contribution in [-0.4, -0.2) is 21.5 Å². The highest BCUT2D eigenvalue weighted by Gasteiger charge is 2.26. The van der Waals surface area contributed by atoms with Crippen molar-refractivity contribution in [3.63, 3.8) is 0 Å². The summed E-state index contributed by atoms with van der Waals surface area (Å²) < 4.78 is 0. The van der Waals surface area contributed by atoms with Gasteiger partial charge in [-0.15, -0.1) is 11.3 Å².